The summed E-state index contributed by atoms with van der Waals surface area (Å²) in [6, 6.07) is 15.5. The van der Waals surface area contributed by atoms with Crippen molar-refractivity contribution in [2.24, 2.45) is 5.41 Å². The number of nitrogens with zero attached hydrogens (tertiary/aromatic N) is 1. The van der Waals surface area contributed by atoms with Crippen LogP contribution in [0.25, 0.3) is 0 Å². The Labute approximate surface area is 144 Å². The molecule has 0 spiro atoms. The molecule has 24 heavy (non-hydrogen) atoms. The molecule has 0 aromatic heterocycles. The average Bonchev–Trinajstić information content (AvgIpc) is 3.28. The van der Waals surface area contributed by atoms with Gasteiger partial charge in [0, 0.05) is 10.9 Å². The lowest BCUT2D eigenvalue weighted by Gasteiger charge is -2.04. The lowest BCUT2D eigenvalue weighted by molar-refractivity contribution is -0.141. The third-order valence-corrected chi connectivity index (χ3v) is 6.80. The molecule has 0 radical (unpaired) electrons. The van der Waals surface area contributed by atoms with E-state index in [-0.39, 0.29) is 4.90 Å². The molecule has 0 heterocycles. The zero-order valence-corrected chi connectivity index (χ0v) is 13.8. The van der Waals surface area contributed by atoms with Crippen LogP contribution in [0.1, 0.15) is 11.5 Å². The second-order valence-corrected chi connectivity index (χ2v) is 8.10. The van der Waals surface area contributed by atoms with E-state index < -0.39 is 32.4 Å². The minimum atomic E-state index is -3.97. The Morgan fingerprint density at radius 2 is 1.71 bits per heavy atom. The van der Waals surface area contributed by atoms with E-state index in [0.717, 1.165) is 0 Å². The number of carboxylic acid groups (broad SMARTS) is 1. The topological polar surface area (TPSA) is 95.2 Å². The van der Waals surface area contributed by atoms with Gasteiger partial charge in [-0.2, -0.15) is 5.26 Å². The zero-order valence-electron chi connectivity index (χ0n) is 12.3. The van der Waals surface area contributed by atoms with Crippen LogP contribution in [0.3, 0.4) is 0 Å². The summed E-state index contributed by atoms with van der Waals surface area (Å²) in [4.78, 5) is 11.7. The monoisotopic (exact) mass is 361 g/mol. The van der Waals surface area contributed by atoms with Crippen molar-refractivity contribution in [1.29, 1.82) is 5.26 Å². The predicted molar refractivity (Wildman–Crippen MR) is 87.3 cm³/mol. The van der Waals surface area contributed by atoms with E-state index in [0.29, 0.717) is 10.6 Å². The van der Waals surface area contributed by atoms with Crippen molar-refractivity contribution < 1.29 is 18.3 Å². The van der Waals surface area contributed by atoms with Crippen LogP contribution in [0.2, 0.25) is 5.02 Å². The van der Waals surface area contributed by atoms with E-state index in [4.69, 9.17) is 11.6 Å². The molecule has 1 fully saturated rings. The highest BCUT2D eigenvalue weighted by Crippen LogP contribution is 2.64. The van der Waals surface area contributed by atoms with Gasteiger partial charge >= 0.3 is 5.97 Å². The lowest BCUT2D eigenvalue weighted by Crippen LogP contribution is -2.22. The minimum Gasteiger partial charge on any atom is -0.480 e. The molecule has 3 atom stereocenters. The van der Waals surface area contributed by atoms with Crippen LogP contribution in [0.15, 0.2) is 59.5 Å². The van der Waals surface area contributed by atoms with Crippen LogP contribution in [0.5, 0.6) is 0 Å². The number of halogens is 1. The molecule has 3 rings (SSSR count). The Hall–Kier alpha value is -2.36. The van der Waals surface area contributed by atoms with E-state index in [9.17, 15) is 23.6 Å². The van der Waals surface area contributed by atoms with Gasteiger partial charge in [-0.15, -0.1) is 0 Å². The maximum atomic E-state index is 12.9. The summed E-state index contributed by atoms with van der Waals surface area (Å²) < 4.78 is 25.8. The van der Waals surface area contributed by atoms with Gasteiger partial charge in [0.15, 0.2) is 15.3 Å². The summed E-state index contributed by atoms with van der Waals surface area (Å²) in [5.74, 6) is -2.38. The molecule has 0 saturated heterocycles. The number of rotatable bonds is 4. The van der Waals surface area contributed by atoms with E-state index in [1.165, 1.54) is 12.1 Å². The number of carbonyl (C=O) groups is 1. The van der Waals surface area contributed by atoms with Crippen molar-refractivity contribution in [2.75, 3.05) is 0 Å². The second-order valence-electron chi connectivity index (χ2n) is 5.59. The second kappa shape index (κ2) is 5.62. The Balaban J connectivity index is 2.13. The van der Waals surface area contributed by atoms with Crippen LogP contribution in [-0.4, -0.2) is 24.7 Å². The molecule has 1 aliphatic carbocycles. The summed E-state index contributed by atoms with van der Waals surface area (Å²) in [5.41, 5.74) is -1.53. The predicted octanol–water partition coefficient (Wildman–Crippen LogP) is 2.87. The first-order chi connectivity index (χ1) is 11.4. The van der Waals surface area contributed by atoms with E-state index >= 15 is 0 Å². The van der Waals surface area contributed by atoms with Crippen molar-refractivity contribution in [1.82, 2.24) is 0 Å². The fourth-order valence-corrected chi connectivity index (χ4v) is 5.48. The largest absolute Gasteiger partial charge is 0.480 e. The first-order valence-electron chi connectivity index (χ1n) is 7.04. The Morgan fingerprint density at radius 3 is 2.21 bits per heavy atom. The molecule has 122 valence electrons. The van der Waals surface area contributed by atoms with Gasteiger partial charge in [-0.1, -0.05) is 41.9 Å². The molecule has 1 N–H and O–H groups in total. The number of sulfone groups is 1. The lowest BCUT2D eigenvalue weighted by atomic mass is 10.0. The highest BCUT2D eigenvalue weighted by molar-refractivity contribution is 7.92. The number of carboxylic acids is 1. The normalized spacial score (nSPS) is 25.7. The first kappa shape index (κ1) is 16.5. The Bertz CT molecular complexity index is 935. The molecule has 0 unspecified atom stereocenters. The molecule has 2 aromatic carbocycles. The molecule has 2 aromatic rings. The summed E-state index contributed by atoms with van der Waals surface area (Å²) in [6.07, 6.45) is 0. The van der Waals surface area contributed by atoms with Crippen LogP contribution in [0.4, 0.5) is 0 Å². The summed E-state index contributed by atoms with van der Waals surface area (Å²) in [5, 5.41) is 18.1. The van der Waals surface area contributed by atoms with Crippen molar-refractivity contribution in [2.45, 2.75) is 16.1 Å². The molecular formula is C17H12ClNO4S. The Morgan fingerprint density at radius 1 is 1.12 bits per heavy atom. The van der Waals surface area contributed by atoms with Crippen molar-refractivity contribution in [3.05, 3.63) is 65.2 Å². The van der Waals surface area contributed by atoms with E-state index in [1.807, 2.05) is 0 Å². The van der Waals surface area contributed by atoms with Gasteiger partial charge in [0.05, 0.1) is 11.0 Å². The maximum Gasteiger partial charge on any atom is 0.326 e. The van der Waals surface area contributed by atoms with Crippen molar-refractivity contribution in [3.63, 3.8) is 0 Å². The molecular weight excluding hydrogens is 350 g/mol. The number of hydrogen-bond acceptors (Lipinski definition) is 4. The average molecular weight is 362 g/mol. The van der Waals surface area contributed by atoms with Gasteiger partial charge in [0.1, 0.15) is 5.25 Å². The van der Waals surface area contributed by atoms with Gasteiger partial charge in [-0.05, 0) is 29.8 Å². The van der Waals surface area contributed by atoms with Crippen LogP contribution in [-0.2, 0) is 14.6 Å². The number of nitriles is 1. The summed E-state index contributed by atoms with van der Waals surface area (Å²) in [6.45, 7) is 0. The fourth-order valence-electron chi connectivity index (χ4n) is 3.08. The van der Waals surface area contributed by atoms with Gasteiger partial charge in [-0.3, -0.25) is 4.79 Å². The first-order valence-corrected chi connectivity index (χ1v) is 8.97. The third kappa shape index (κ3) is 2.29. The van der Waals surface area contributed by atoms with Crippen LogP contribution < -0.4 is 0 Å². The molecule has 1 aliphatic rings. The fraction of sp³-hybridized carbons (Fsp3) is 0.176. The minimum absolute atomic E-state index is 0.00679. The van der Waals surface area contributed by atoms with Crippen LogP contribution in [0, 0.1) is 16.7 Å². The van der Waals surface area contributed by atoms with Crippen LogP contribution >= 0.6 is 11.6 Å². The van der Waals surface area contributed by atoms with Gasteiger partial charge in [0.2, 0.25) is 0 Å². The molecule has 0 aliphatic heterocycles. The number of benzene rings is 2. The van der Waals surface area contributed by atoms with E-state index in [2.05, 4.69) is 0 Å². The van der Waals surface area contributed by atoms with Crippen molar-refractivity contribution in [3.8, 4) is 6.07 Å². The summed E-state index contributed by atoms with van der Waals surface area (Å²) in [7, 11) is -3.97. The highest BCUT2D eigenvalue weighted by atomic mass is 35.5. The Kier molecular flexibility index (Phi) is 3.86. The summed E-state index contributed by atoms with van der Waals surface area (Å²) >= 11 is 5.83. The molecule has 5 nitrogen and oxygen atoms in total. The third-order valence-electron chi connectivity index (χ3n) is 4.31. The standard InChI is InChI=1S/C17H12ClNO4S/c18-12-8-6-11(7-9-12)14-15(17(14,10-19)16(20)21)24(22,23)13-4-2-1-3-5-13/h1-9,14-15H,(H,20,21)/t14-,15-,17+/m1/s1. The van der Waals surface area contributed by atoms with Crippen molar-refractivity contribution >= 4 is 27.4 Å². The molecule has 0 amide bonds. The molecule has 7 heteroatoms. The SMILES string of the molecule is N#C[C@]1(C(=O)O)[C@H](c2ccc(Cl)cc2)[C@H]1S(=O)(=O)c1ccccc1. The highest BCUT2D eigenvalue weighted by Gasteiger charge is 2.77. The van der Waals surface area contributed by atoms with Gasteiger partial charge in [0.25, 0.3) is 0 Å². The molecule has 0 bridgehead atoms. The quantitative estimate of drug-likeness (QED) is 0.903. The number of aliphatic carboxylic acids is 1. The van der Waals surface area contributed by atoms with Gasteiger partial charge < -0.3 is 5.11 Å². The molecule has 1 saturated carbocycles. The maximum absolute atomic E-state index is 12.9. The number of hydrogen-bond donors (Lipinski definition) is 1. The zero-order chi connectivity index (χ0) is 17.5. The van der Waals surface area contributed by atoms with E-state index in [1.54, 1.807) is 48.5 Å². The smallest absolute Gasteiger partial charge is 0.326 e. The van der Waals surface area contributed by atoms with Gasteiger partial charge in [-0.25, -0.2) is 8.42 Å².